The van der Waals surface area contributed by atoms with E-state index in [1.54, 1.807) is 0 Å². The first-order valence-corrected chi connectivity index (χ1v) is 7.14. The molecule has 1 saturated heterocycles. The van der Waals surface area contributed by atoms with Crippen LogP contribution in [0.2, 0.25) is 10.3 Å². The van der Waals surface area contributed by atoms with Crippen LogP contribution in [0.1, 0.15) is 12.8 Å². The minimum atomic E-state index is -3.62. The third kappa shape index (κ3) is 2.79. The highest BCUT2D eigenvalue weighted by atomic mass is 35.5. The van der Waals surface area contributed by atoms with Crippen molar-refractivity contribution in [2.24, 2.45) is 0 Å². The van der Waals surface area contributed by atoms with Crippen LogP contribution in [0.3, 0.4) is 0 Å². The SMILES string of the molecule is O=S(=O)(Nc1c(Cl)ncnc1Cl)N1CCCC1. The molecule has 1 aromatic rings. The third-order valence-corrected chi connectivity index (χ3v) is 4.47. The minimum Gasteiger partial charge on any atom is -0.265 e. The van der Waals surface area contributed by atoms with Gasteiger partial charge in [0.2, 0.25) is 0 Å². The van der Waals surface area contributed by atoms with Crippen molar-refractivity contribution in [1.82, 2.24) is 14.3 Å². The van der Waals surface area contributed by atoms with Crippen LogP contribution in [0.4, 0.5) is 5.69 Å². The van der Waals surface area contributed by atoms with Gasteiger partial charge in [-0.25, -0.2) is 9.97 Å². The zero-order chi connectivity index (χ0) is 12.5. The second-order valence-corrected chi connectivity index (χ2v) is 5.93. The molecular weight excluding hydrogens is 287 g/mol. The summed E-state index contributed by atoms with van der Waals surface area (Å²) >= 11 is 11.5. The minimum absolute atomic E-state index is 0.0164. The van der Waals surface area contributed by atoms with E-state index in [4.69, 9.17) is 23.2 Å². The maximum absolute atomic E-state index is 11.9. The number of rotatable bonds is 3. The van der Waals surface area contributed by atoms with Gasteiger partial charge in [0.25, 0.3) is 0 Å². The molecule has 94 valence electrons. The van der Waals surface area contributed by atoms with E-state index in [-0.39, 0.29) is 16.0 Å². The Balaban J connectivity index is 2.26. The van der Waals surface area contributed by atoms with Crippen LogP contribution in [0, 0.1) is 0 Å². The lowest BCUT2D eigenvalue weighted by Gasteiger charge is -2.17. The van der Waals surface area contributed by atoms with Crippen molar-refractivity contribution in [2.45, 2.75) is 12.8 Å². The van der Waals surface area contributed by atoms with Gasteiger partial charge >= 0.3 is 10.2 Å². The molecule has 1 aromatic heterocycles. The number of hydrogen-bond acceptors (Lipinski definition) is 4. The van der Waals surface area contributed by atoms with Crippen LogP contribution in [-0.4, -0.2) is 35.8 Å². The van der Waals surface area contributed by atoms with Gasteiger partial charge < -0.3 is 0 Å². The maximum atomic E-state index is 11.9. The highest BCUT2D eigenvalue weighted by Gasteiger charge is 2.26. The molecule has 0 aliphatic carbocycles. The molecule has 2 heterocycles. The molecule has 0 radical (unpaired) electrons. The Hall–Kier alpha value is -0.630. The summed E-state index contributed by atoms with van der Waals surface area (Å²) in [6.45, 7) is 0.997. The monoisotopic (exact) mass is 296 g/mol. The van der Waals surface area contributed by atoms with Gasteiger partial charge in [0.15, 0.2) is 10.3 Å². The lowest BCUT2D eigenvalue weighted by atomic mass is 10.4. The highest BCUT2D eigenvalue weighted by Crippen LogP contribution is 2.27. The van der Waals surface area contributed by atoms with E-state index in [0.717, 1.165) is 12.8 Å². The molecule has 0 atom stereocenters. The molecule has 0 bridgehead atoms. The van der Waals surface area contributed by atoms with E-state index >= 15 is 0 Å². The Morgan fingerprint density at radius 2 is 1.71 bits per heavy atom. The van der Waals surface area contributed by atoms with Gasteiger partial charge in [-0.05, 0) is 12.8 Å². The number of nitrogens with zero attached hydrogens (tertiary/aromatic N) is 3. The highest BCUT2D eigenvalue weighted by molar-refractivity contribution is 7.90. The van der Waals surface area contributed by atoms with E-state index in [9.17, 15) is 8.42 Å². The van der Waals surface area contributed by atoms with Gasteiger partial charge in [-0.2, -0.15) is 12.7 Å². The van der Waals surface area contributed by atoms with Crippen LogP contribution in [-0.2, 0) is 10.2 Å². The summed E-state index contributed by atoms with van der Waals surface area (Å²) in [4.78, 5) is 7.35. The average Bonchev–Trinajstić information content (AvgIpc) is 2.77. The number of halogens is 2. The molecule has 0 saturated carbocycles. The first-order valence-electron chi connectivity index (χ1n) is 4.94. The smallest absolute Gasteiger partial charge is 0.265 e. The second kappa shape index (κ2) is 4.93. The molecule has 2 rings (SSSR count). The molecular formula is C8H10Cl2N4O2S. The quantitative estimate of drug-likeness (QED) is 0.859. The predicted octanol–water partition coefficient (Wildman–Crippen LogP) is 1.54. The summed E-state index contributed by atoms with van der Waals surface area (Å²) in [5.41, 5.74) is 0.0164. The molecule has 1 aliphatic heterocycles. The Morgan fingerprint density at radius 1 is 1.18 bits per heavy atom. The van der Waals surface area contributed by atoms with E-state index in [0.29, 0.717) is 13.1 Å². The number of anilines is 1. The zero-order valence-electron chi connectivity index (χ0n) is 8.73. The van der Waals surface area contributed by atoms with Crippen molar-refractivity contribution >= 4 is 39.1 Å². The summed E-state index contributed by atoms with van der Waals surface area (Å²) in [5.74, 6) is 0. The fourth-order valence-electron chi connectivity index (χ4n) is 1.55. The van der Waals surface area contributed by atoms with Crippen molar-refractivity contribution < 1.29 is 8.42 Å². The van der Waals surface area contributed by atoms with Gasteiger partial charge in [-0.3, -0.25) is 4.72 Å². The predicted molar refractivity (Wildman–Crippen MR) is 65.4 cm³/mol. The first kappa shape index (κ1) is 12.8. The Kier molecular flexibility index (Phi) is 3.72. The molecule has 17 heavy (non-hydrogen) atoms. The standard InChI is InChI=1S/C8H10Cl2N4O2S/c9-7-6(8(10)12-5-11-7)13-17(15,16)14-3-1-2-4-14/h5,13H,1-4H2. The van der Waals surface area contributed by atoms with Crippen molar-refractivity contribution in [3.05, 3.63) is 16.6 Å². The Morgan fingerprint density at radius 3 is 2.24 bits per heavy atom. The first-order chi connectivity index (χ1) is 8.00. The molecule has 1 aliphatic rings. The van der Waals surface area contributed by atoms with Crippen molar-refractivity contribution in [2.75, 3.05) is 17.8 Å². The van der Waals surface area contributed by atoms with Crippen molar-refractivity contribution in [3.63, 3.8) is 0 Å². The molecule has 9 heteroatoms. The van der Waals surface area contributed by atoms with E-state index in [1.807, 2.05) is 0 Å². The summed E-state index contributed by atoms with van der Waals surface area (Å²) < 4.78 is 27.5. The lowest BCUT2D eigenvalue weighted by Crippen LogP contribution is -2.33. The fourth-order valence-corrected chi connectivity index (χ4v) is 3.39. The molecule has 6 nitrogen and oxygen atoms in total. The number of hydrogen-bond donors (Lipinski definition) is 1. The number of aromatic nitrogens is 2. The maximum Gasteiger partial charge on any atom is 0.301 e. The van der Waals surface area contributed by atoms with Crippen LogP contribution in [0.25, 0.3) is 0 Å². The zero-order valence-corrected chi connectivity index (χ0v) is 11.1. The molecule has 0 amide bonds. The molecule has 0 unspecified atom stereocenters. The Labute approximate surface area is 109 Å². The van der Waals surface area contributed by atoms with Gasteiger partial charge in [0.05, 0.1) is 0 Å². The second-order valence-electron chi connectivity index (χ2n) is 3.54. The van der Waals surface area contributed by atoms with Crippen molar-refractivity contribution in [3.8, 4) is 0 Å². The third-order valence-electron chi connectivity index (χ3n) is 2.39. The van der Waals surface area contributed by atoms with E-state index in [1.165, 1.54) is 10.6 Å². The van der Waals surface area contributed by atoms with Crippen molar-refractivity contribution in [1.29, 1.82) is 0 Å². The summed E-state index contributed by atoms with van der Waals surface area (Å²) in [5, 5.41) is -0.0412. The van der Waals surface area contributed by atoms with Crippen LogP contribution >= 0.6 is 23.2 Å². The van der Waals surface area contributed by atoms with Gasteiger partial charge in [0.1, 0.15) is 12.0 Å². The fraction of sp³-hybridized carbons (Fsp3) is 0.500. The van der Waals surface area contributed by atoms with Crippen LogP contribution in [0.5, 0.6) is 0 Å². The number of nitrogens with one attached hydrogen (secondary N) is 1. The molecule has 1 N–H and O–H groups in total. The summed E-state index contributed by atoms with van der Waals surface area (Å²) in [7, 11) is -3.62. The molecule has 0 aromatic carbocycles. The Bertz CT molecular complexity index is 496. The van der Waals surface area contributed by atoms with Gasteiger partial charge in [0, 0.05) is 13.1 Å². The normalized spacial score (nSPS) is 17.3. The van der Waals surface area contributed by atoms with Crippen LogP contribution in [0.15, 0.2) is 6.33 Å². The average molecular weight is 297 g/mol. The van der Waals surface area contributed by atoms with Crippen LogP contribution < -0.4 is 4.72 Å². The van der Waals surface area contributed by atoms with Gasteiger partial charge in [-0.15, -0.1) is 0 Å². The topological polar surface area (TPSA) is 75.2 Å². The summed E-state index contributed by atoms with van der Waals surface area (Å²) in [6, 6.07) is 0. The van der Waals surface area contributed by atoms with E-state index in [2.05, 4.69) is 14.7 Å². The largest absolute Gasteiger partial charge is 0.301 e. The van der Waals surface area contributed by atoms with E-state index < -0.39 is 10.2 Å². The molecule has 1 fully saturated rings. The molecule has 0 spiro atoms. The van der Waals surface area contributed by atoms with Gasteiger partial charge in [-0.1, -0.05) is 23.2 Å². The summed E-state index contributed by atoms with van der Waals surface area (Å²) in [6.07, 6.45) is 2.87. The lowest BCUT2D eigenvalue weighted by molar-refractivity contribution is 0.482.